The summed E-state index contributed by atoms with van der Waals surface area (Å²) in [5.41, 5.74) is 0.813. The fraction of sp³-hybridized carbons (Fsp3) is 0.538. The zero-order chi connectivity index (χ0) is 14.3. The summed E-state index contributed by atoms with van der Waals surface area (Å²) >= 11 is 1.48. The number of aliphatic hydroxyl groups excluding tert-OH is 1. The molecule has 0 saturated carbocycles. The molecule has 0 saturated heterocycles. The van der Waals surface area contributed by atoms with Gasteiger partial charge in [-0.15, -0.1) is 11.3 Å². The van der Waals surface area contributed by atoms with Gasteiger partial charge in [-0.3, -0.25) is 0 Å². The largest absolute Gasteiger partial charge is 0.384 e. The highest BCUT2D eigenvalue weighted by Gasteiger charge is 2.17. The topological polar surface area (TPSA) is 57.6 Å². The summed E-state index contributed by atoms with van der Waals surface area (Å²) in [6, 6.07) is 1.86. The standard InChI is InChI=1S/C13H19NO3S2/c1-3-4-8-19(16,17)14(2)10-13-9-12(11-18-13)6-5-7-15/h9,11,15H,3-4,7-8,10H2,1-2H3. The van der Waals surface area contributed by atoms with Crippen molar-refractivity contribution >= 4 is 21.4 Å². The molecule has 1 N–H and O–H groups in total. The Hall–Kier alpha value is -0.870. The Morgan fingerprint density at radius 2 is 2.21 bits per heavy atom. The Morgan fingerprint density at radius 1 is 1.47 bits per heavy atom. The van der Waals surface area contributed by atoms with Crippen LogP contribution in [0.15, 0.2) is 11.4 Å². The van der Waals surface area contributed by atoms with E-state index in [0.29, 0.717) is 13.0 Å². The molecule has 4 nitrogen and oxygen atoms in total. The lowest BCUT2D eigenvalue weighted by Crippen LogP contribution is -2.28. The quantitative estimate of drug-likeness (QED) is 0.813. The van der Waals surface area contributed by atoms with E-state index in [2.05, 4.69) is 11.8 Å². The molecule has 19 heavy (non-hydrogen) atoms. The van der Waals surface area contributed by atoms with E-state index in [1.165, 1.54) is 15.6 Å². The van der Waals surface area contributed by atoms with Crippen LogP contribution in [0.25, 0.3) is 0 Å². The van der Waals surface area contributed by atoms with Crippen LogP contribution >= 0.6 is 11.3 Å². The van der Waals surface area contributed by atoms with E-state index in [-0.39, 0.29) is 12.4 Å². The third-order valence-electron chi connectivity index (χ3n) is 2.57. The molecular weight excluding hydrogens is 282 g/mol. The molecule has 0 aliphatic rings. The molecule has 1 heterocycles. The van der Waals surface area contributed by atoms with Crippen molar-refractivity contribution in [2.24, 2.45) is 0 Å². The lowest BCUT2D eigenvalue weighted by atomic mass is 10.3. The van der Waals surface area contributed by atoms with Crippen LogP contribution in [0, 0.1) is 11.8 Å². The molecule has 0 aliphatic heterocycles. The molecule has 0 aromatic carbocycles. The maximum atomic E-state index is 11.9. The van der Waals surface area contributed by atoms with Gasteiger partial charge in [0.25, 0.3) is 0 Å². The van der Waals surface area contributed by atoms with Crippen LogP contribution in [0.1, 0.15) is 30.2 Å². The monoisotopic (exact) mass is 301 g/mol. The highest BCUT2D eigenvalue weighted by atomic mass is 32.2. The maximum Gasteiger partial charge on any atom is 0.214 e. The van der Waals surface area contributed by atoms with Gasteiger partial charge in [-0.2, -0.15) is 4.31 Å². The Bertz CT molecular complexity index is 552. The molecule has 0 aliphatic carbocycles. The van der Waals surface area contributed by atoms with E-state index in [9.17, 15) is 8.42 Å². The minimum atomic E-state index is -3.16. The molecule has 0 spiro atoms. The summed E-state index contributed by atoms with van der Waals surface area (Å²) in [5.74, 6) is 5.57. The minimum Gasteiger partial charge on any atom is -0.384 e. The van der Waals surface area contributed by atoms with Crippen LogP contribution in [-0.4, -0.2) is 37.2 Å². The number of rotatable bonds is 6. The normalized spacial score (nSPS) is 11.4. The Kier molecular flexibility index (Phi) is 6.52. The van der Waals surface area contributed by atoms with Crippen molar-refractivity contribution < 1.29 is 13.5 Å². The highest BCUT2D eigenvalue weighted by molar-refractivity contribution is 7.89. The second kappa shape index (κ2) is 7.65. The Balaban J connectivity index is 2.66. The smallest absolute Gasteiger partial charge is 0.214 e. The first-order valence-electron chi connectivity index (χ1n) is 6.10. The van der Waals surface area contributed by atoms with Gasteiger partial charge in [-0.1, -0.05) is 25.2 Å². The van der Waals surface area contributed by atoms with Crippen LogP contribution in [-0.2, 0) is 16.6 Å². The molecular formula is C13H19NO3S2. The van der Waals surface area contributed by atoms with E-state index >= 15 is 0 Å². The average Bonchev–Trinajstić information content (AvgIpc) is 2.81. The van der Waals surface area contributed by atoms with Crippen molar-refractivity contribution in [1.82, 2.24) is 4.31 Å². The van der Waals surface area contributed by atoms with Crippen LogP contribution in [0.2, 0.25) is 0 Å². The Morgan fingerprint density at radius 3 is 2.84 bits per heavy atom. The van der Waals surface area contributed by atoms with E-state index in [1.807, 2.05) is 18.4 Å². The summed E-state index contributed by atoms with van der Waals surface area (Å²) in [5, 5.41) is 10.5. The lowest BCUT2D eigenvalue weighted by molar-refractivity contribution is 0.350. The van der Waals surface area contributed by atoms with Crippen molar-refractivity contribution in [3.63, 3.8) is 0 Å². The average molecular weight is 301 g/mol. The maximum absolute atomic E-state index is 11.9. The van der Waals surface area contributed by atoms with Gasteiger partial charge in [-0.05, 0) is 12.5 Å². The molecule has 106 valence electrons. The SMILES string of the molecule is CCCCS(=O)(=O)N(C)Cc1cc(C#CCO)cs1. The van der Waals surface area contributed by atoms with Gasteiger partial charge in [0.1, 0.15) is 6.61 Å². The molecule has 1 aromatic heterocycles. The predicted molar refractivity (Wildman–Crippen MR) is 78.4 cm³/mol. The summed E-state index contributed by atoms with van der Waals surface area (Å²) in [7, 11) is -1.56. The van der Waals surface area contributed by atoms with Gasteiger partial charge in [0.15, 0.2) is 0 Å². The number of thiophene rings is 1. The Labute approximate surface area is 119 Å². The van der Waals surface area contributed by atoms with Crippen molar-refractivity contribution in [3.8, 4) is 11.8 Å². The van der Waals surface area contributed by atoms with Crippen molar-refractivity contribution in [1.29, 1.82) is 0 Å². The van der Waals surface area contributed by atoms with E-state index in [0.717, 1.165) is 16.9 Å². The predicted octanol–water partition coefficient (Wildman–Crippen LogP) is 1.65. The van der Waals surface area contributed by atoms with E-state index in [4.69, 9.17) is 5.11 Å². The number of hydrogen-bond acceptors (Lipinski definition) is 4. The molecule has 6 heteroatoms. The van der Waals surface area contributed by atoms with Gasteiger partial charge in [-0.25, -0.2) is 8.42 Å². The summed E-state index contributed by atoms with van der Waals surface area (Å²) < 4.78 is 25.3. The van der Waals surface area contributed by atoms with E-state index in [1.54, 1.807) is 7.05 Å². The zero-order valence-electron chi connectivity index (χ0n) is 11.2. The number of aliphatic hydroxyl groups is 1. The van der Waals surface area contributed by atoms with Gasteiger partial charge >= 0.3 is 0 Å². The summed E-state index contributed by atoms with van der Waals surface area (Å²) in [6.07, 6.45) is 1.55. The zero-order valence-corrected chi connectivity index (χ0v) is 12.9. The third kappa shape index (κ3) is 5.33. The third-order valence-corrected chi connectivity index (χ3v) is 5.38. The van der Waals surface area contributed by atoms with Crippen LogP contribution in [0.4, 0.5) is 0 Å². The number of hydrogen-bond donors (Lipinski definition) is 1. The number of unbranched alkanes of at least 4 members (excludes halogenated alkanes) is 1. The van der Waals surface area contributed by atoms with Gasteiger partial charge in [0, 0.05) is 29.4 Å². The van der Waals surface area contributed by atoms with Crippen LogP contribution in [0.3, 0.4) is 0 Å². The highest BCUT2D eigenvalue weighted by Crippen LogP contribution is 2.17. The second-order valence-electron chi connectivity index (χ2n) is 4.19. The van der Waals surface area contributed by atoms with Crippen molar-refractivity contribution in [2.75, 3.05) is 19.4 Å². The van der Waals surface area contributed by atoms with Crippen molar-refractivity contribution in [3.05, 3.63) is 21.9 Å². The fourth-order valence-corrected chi connectivity index (χ4v) is 3.72. The number of sulfonamides is 1. The van der Waals surface area contributed by atoms with Crippen LogP contribution < -0.4 is 0 Å². The van der Waals surface area contributed by atoms with Crippen molar-refractivity contribution in [2.45, 2.75) is 26.3 Å². The molecule has 0 unspecified atom stereocenters. The molecule has 0 fully saturated rings. The molecule has 0 atom stereocenters. The second-order valence-corrected chi connectivity index (χ2v) is 7.38. The van der Waals surface area contributed by atoms with Gasteiger partial charge < -0.3 is 5.11 Å². The first-order chi connectivity index (χ1) is 8.99. The molecule has 0 radical (unpaired) electrons. The first kappa shape index (κ1) is 16.2. The molecule has 0 bridgehead atoms. The molecule has 0 amide bonds. The lowest BCUT2D eigenvalue weighted by Gasteiger charge is -2.15. The summed E-state index contributed by atoms with van der Waals surface area (Å²) in [4.78, 5) is 0.949. The number of nitrogens with zero attached hydrogens (tertiary/aromatic N) is 1. The minimum absolute atomic E-state index is 0.170. The van der Waals surface area contributed by atoms with Gasteiger partial charge in [0.2, 0.25) is 10.0 Å². The molecule has 1 aromatic rings. The van der Waals surface area contributed by atoms with E-state index < -0.39 is 10.0 Å². The first-order valence-corrected chi connectivity index (χ1v) is 8.59. The van der Waals surface area contributed by atoms with Crippen LogP contribution in [0.5, 0.6) is 0 Å². The van der Waals surface area contributed by atoms with Gasteiger partial charge in [0.05, 0.1) is 5.75 Å². The fourth-order valence-electron chi connectivity index (χ4n) is 1.47. The summed E-state index contributed by atoms with van der Waals surface area (Å²) in [6.45, 7) is 2.18. The molecule has 1 rings (SSSR count).